The predicted octanol–water partition coefficient (Wildman–Crippen LogP) is 6.17. The Kier molecular flexibility index (Phi) is 8.14. The Balaban J connectivity index is 1.67. The van der Waals surface area contributed by atoms with Crippen LogP contribution < -0.4 is 19.1 Å². The first kappa shape index (κ1) is 27.9. The van der Waals surface area contributed by atoms with Crippen molar-refractivity contribution >= 4 is 50.8 Å². The Morgan fingerprint density at radius 1 is 0.881 bits per heavy atom. The highest BCUT2D eigenvalue weighted by Crippen LogP contribution is 2.37. The molecule has 13 heteroatoms. The van der Waals surface area contributed by atoms with E-state index >= 15 is 0 Å². The number of carbonyl (C=O) groups excluding carboxylic acids is 1. The summed E-state index contributed by atoms with van der Waals surface area (Å²) in [7, 11) is -0.235. The number of amides is 1. The third-order valence-corrected chi connectivity index (χ3v) is 6.97. The second-order valence-corrected chi connectivity index (χ2v) is 9.63. The van der Waals surface area contributed by atoms with Gasteiger partial charge in [-0.25, -0.2) is 22.7 Å². The molecule has 0 saturated carbocycles. The van der Waals surface area contributed by atoms with Gasteiger partial charge in [-0.3, -0.25) is 4.79 Å². The van der Waals surface area contributed by atoms with Gasteiger partial charge in [0.2, 0.25) is 16.8 Å². The highest BCUT2D eigenvalue weighted by molar-refractivity contribution is 7.74. The molecule has 0 aliphatic heterocycles. The number of thiol groups is 1. The van der Waals surface area contributed by atoms with E-state index in [1.165, 1.54) is 20.3 Å². The zero-order valence-corrected chi connectivity index (χ0v) is 23.2. The van der Waals surface area contributed by atoms with Gasteiger partial charge in [-0.2, -0.15) is 0 Å². The molecule has 0 saturated heterocycles. The first-order valence-electron chi connectivity index (χ1n) is 12.4. The highest BCUT2D eigenvalue weighted by Gasteiger charge is 2.22. The average molecular weight is 582 g/mol. The molecule has 0 unspecified atom stereocenters. The maximum atomic E-state index is 12.9. The summed E-state index contributed by atoms with van der Waals surface area (Å²) in [5.41, 5.74) is 11.7. The lowest BCUT2D eigenvalue weighted by Gasteiger charge is -2.21. The Morgan fingerprint density at radius 3 is 2.21 bits per heavy atom. The number of ether oxygens (including phenoxy) is 2. The second kappa shape index (κ2) is 12.3. The van der Waals surface area contributed by atoms with E-state index in [0.29, 0.717) is 39.3 Å². The van der Waals surface area contributed by atoms with E-state index in [2.05, 4.69) is 20.3 Å². The molecule has 1 aromatic heterocycles. The van der Waals surface area contributed by atoms with Crippen LogP contribution in [-0.2, 0) is 10.9 Å². The van der Waals surface area contributed by atoms with Gasteiger partial charge in [-0.15, -0.1) is 0 Å². The monoisotopic (exact) mass is 581 g/mol. The van der Waals surface area contributed by atoms with Crippen LogP contribution in [0.5, 0.6) is 11.5 Å². The van der Waals surface area contributed by atoms with Gasteiger partial charge in [-0.1, -0.05) is 48.5 Å². The lowest BCUT2D eigenvalue weighted by Crippen LogP contribution is -2.18. The number of hydrogen-bond donors (Lipinski definition) is 2. The molecule has 0 bridgehead atoms. The van der Waals surface area contributed by atoms with Crippen LogP contribution in [0.1, 0.15) is 10.4 Å². The molecule has 1 heterocycles. The van der Waals surface area contributed by atoms with Crippen molar-refractivity contribution in [2.24, 2.45) is 5.11 Å². The summed E-state index contributed by atoms with van der Waals surface area (Å²) in [5.74, 6) is 0.446. The van der Waals surface area contributed by atoms with Crippen molar-refractivity contribution in [2.45, 2.75) is 0 Å². The molecule has 0 radical (unpaired) electrons. The van der Waals surface area contributed by atoms with Crippen LogP contribution in [-0.4, -0.2) is 38.5 Å². The van der Waals surface area contributed by atoms with Gasteiger partial charge in [0.15, 0.2) is 11.6 Å². The lowest BCUT2D eigenvalue weighted by molar-refractivity contribution is 0.100. The molecule has 0 aliphatic rings. The molecule has 0 spiro atoms. The van der Waals surface area contributed by atoms with Gasteiger partial charge in [-0.05, 0) is 46.0 Å². The van der Waals surface area contributed by atoms with Gasteiger partial charge in [0.05, 0.1) is 30.9 Å². The number of anilines is 4. The molecule has 0 aliphatic carbocycles. The summed E-state index contributed by atoms with van der Waals surface area (Å²) >= 11 is 0. The summed E-state index contributed by atoms with van der Waals surface area (Å²) in [4.78, 5) is 24.4. The van der Waals surface area contributed by atoms with Gasteiger partial charge >= 0.3 is 0 Å². The largest absolute Gasteiger partial charge is 0.497 e. The van der Waals surface area contributed by atoms with Crippen LogP contribution in [0.3, 0.4) is 0 Å². The van der Waals surface area contributed by atoms with Gasteiger partial charge in [0, 0.05) is 34.4 Å². The first-order valence-corrected chi connectivity index (χ1v) is 13.5. The lowest BCUT2D eigenvalue weighted by atomic mass is 9.99. The smallest absolute Gasteiger partial charge is 0.249 e. The maximum absolute atomic E-state index is 12.9. The summed E-state index contributed by atoms with van der Waals surface area (Å²) in [5, 5.41) is 6.38. The van der Waals surface area contributed by atoms with Crippen molar-refractivity contribution in [2.75, 3.05) is 23.8 Å². The fraction of sp³-hybridized carbons (Fsp3) is 0.0690. The first-order chi connectivity index (χ1) is 20.4. The number of benzene rings is 4. The molecular formula is C29H23N7O5S. The van der Waals surface area contributed by atoms with Crippen molar-refractivity contribution in [1.29, 1.82) is 0 Å². The van der Waals surface area contributed by atoms with Crippen molar-refractivity contribution in [3.05, 3.63) is 107 Å². The normalized spacial score (nSPS) is 10.6. The Morgan fingerprint density at radius 2 is 1.55 bits per heavy atom. The number of azide groups is 1. The molecule has 1 amide bonds. The standard InChI is InChI=1S/C29H23N7O5S/c1-40-21-15-19(16-22(17-21)41-2)31-27-28(33-26-13-6-5-12-25(26)32-27)36(42(38)39)20-9-7-8-18(14-20)23-10-3-4-11-24(23)29(37)34-35-30/h3-17,42H,1-2H3,(H,31,32). The second-order valence-electron chi connectivity index (χ2n) is 8.75. The number of rotatable bonds is 9. The minimum atomic E-state index is -3.28. The number of nitrogens with zero attached hydrogens (tertiary/aromatic N) is 6. The van der Waals surface area contributed by atoms with Crippen LogP contribution in [0, 0.1) is 0 Å². The van der Waals surface area contributed by atoms with Crippen molar-refractivity contribution < 1.29 is 22.7 Å². The Bertz CT molecular complexity index is 1910. The zero-order valence-electron chi connectivity index (χ0n) is 22.3. The molecule has 12 nitrogen and oxygen atoms in total. The van der Waals surface area contributed by atoms with E-state index in [0.717, 1.165) is 4.31 Å². The molecule has 1 N–H and O–H groups in total. The molecule has 210 valence electrons. The number of para-hydroxylation sites is 2. The van der Waals surface area contributed by atoms with Gasteiger partial charge < -0.3 is 14.8 Å². The van der Waals surface area contributed by atoms with Crippen molar-refractivity contribution in [1.82, 2.24) is 9.97 Å². The minimum Gasteiger partial charge on any atom is -0.497 e. The van der Waals surface area contributed by atoms with E-state index in [1.807, 2.05) is 0 Å². The van der Waals surface area contributed by atoms with Crippen molar-refractivity contribution in [3.63, 3.8) is 0 Å². The average Bonchev–Trinajstić information content (AvgIpc) is 3.01. The molecule has 5 rings (SSSR count). The topological polar surface area (TPSA) is 159 Å². The summed E-state index contributed by atoms with van der Waals surface area (Å²) in [6, 6.07) is 25.4. The van der Waals surface area contributed by atoms with Gasteiger partial charge in [0.25, 0.3) is 0 Å². The number of methoxy groups -OCH3 is 2. The van der Waals surface area contributed by atoms with Gasteiger partial charge in [0.1, 0.15) is 11.5 Å². The van der Waals surface area contributed by atoms with E-state index in [9.17, 15) is 13.2 Å². The Hall–Kier alpha value is -5.65. The highest BCUT2D eigenvalue weighted by atomic mass is 32.2. The zero-order chi connectivity index (χ0) is 29.6. The third kappa shape index (κ3) is 5.77. The fourth-order valence-electron chi connectivity index (χ4n) is 4.35. The van der Waals surface area contributed by atoms with E-state index < -0.39 is 16.8 Å². The molecule has 42 heavy (non-hydrogen) atoms. The van der Waals surface area contributed by atoms with Crippen molar-refractivity contribution in [3.8, 4) is 22.6 Å². The quantitative estimate of drug-likeness (QED) is 0.0904. The molecule has 0 atom stereocenters. The molecule has 4 aromatic carbocycles. The van der Waals surface area contributed by atoms with E-state index in [1.54, 1.807) is 84.9 Å². The van der Waals surface area contributed by atoms with Crippen LogP contribution in [0.25, 0.3) is 32.6 Å². The number of fused-ring (bicyclic) bond motifs is 1. The Labute approximate surface area is 241 Å². The summed E-state index contributed by atoms with van der Waals surface area (Å²) in [6.07, 6.45) is 0. The maximum Gasteiger partial charge on any atom is 0.249 e. The number of carbonyl (C=O) groups is 1. The van der Waals surface area contributed by atoms with Crippen LogP contribution in [0.4, 0.5) is 23.0 Å². The SMILES string of the molecule is COc1cc(Nc2nc3ccccc3nc2N(c2cccc(-c3ccccc3C(=O)N=[N+]=[N-])c2)[SH](=O)=O)cc(OC)c1. The molecule has 5 aromatic rings. The molecule has 0 fully saturated rings. The molecular weight excluding hydrogens is 558 g/mol. The van der Waals surface area contributed by atoms with E-state index in [-0.39, 0.29) is 22.9 Å². The van der Waals surface area contributed by atoms with Crippen LogP contribution in [0.2, 0.25) is 0 Å². The number of nitrogens with one attached hydrogen (secondary N) is 1. The van der Waals surface area contributed by atoms with Crippen LogP contribution >= 0.6 is 0 Å². The number of hydrogen-bond acceptors (Lipinski definition) is 8. The van der Waals surface area contributed by atoms with E-state index in [4.69, 9.17) is 20.0 Å². The predicted molar refractivity (Wildman–Crippen MR) is 160 cm³/mol. The third-order valence-electron chi connectivity index (χ3n) is 6.22. The summed E-state index contributed by atoms with van der Waals surface area (Å²) < 4.78 is 37.5. The summed E-state index contributed by atoms with van der Waals surface area (Å²) in [6.45, 7) is 0. The number of aromatic nitrogens is 2. The fourth-order valence-corrected chi connectivity index (χ4v) is 4.96. The minimum absolute atomic E-state index is 0.0159. The van der Waals surface area contributed by atoms with Crippen LogP contribution in [0.15, 0.2) is 96.1 Å².